The largest absolute Gasteiger partial charge is 0.398 e. The van der Waals surface area contributed by atoms with Gasteiger partial charge in [0, 0.05) is 11.3 Å². The number of rotatable bonds is 1. The minimum atomic E-state index is 0.378. The van der Waals surface area contributed by atoms with Gasteiger partial charge in [-0.1, -0.05) is 12.1 Å². The Balaban J connectivity index is 2.26. The van der Waals surface area contributed by atoms with E-state index in [1.165, 1.54) is 6.33 Å². The van der Waals surface area contributed by atoms with E-state index >= 15 is 0 Å². The smallest absolute Gasteiger partial charge is 0.183 e. The molecule has 0 atom stereocenters. The first-order chi connectivity index (χ1) is 8.25. The van der Waals surface area contributed by atoms with E-state index in [0.29, 0.717) is 28.5 Å². The van der Waals surface area contributed by atoms with Crippen LogP contribution in [0.3, 0.4) is 0 Å². The number of hydrogen-bond acceptors (Lipinski definition) is 5. The number of para-hydroxylation sites is 1. The second-order valence-corrected chi connectivity index (χ2v) is 3.63. The van der Waals surface area contributed by atoms with E-state index in [2.05, 4.69) is 19.9 Å². The van der Waals surface area contributed by atoms with Gasteiger partial charge in [0.1, 0.15) is 17.7 Å². The van der Waals surface area contributed by atoms with Crippen molar-refractivity contribution < 1.29 is 0 Å². The Bertz CT molecular complexity index is 687. The van der Waals surface area contributed by atoms with Gasteiger partial charge in [-0.05, 0) is 12.1 Å². The number of aromatic nitrogens is 4. The van der Waals surface area contributed by atoms with Gasteiger partial charge in [0.05, 0.1) is 0 Å². The number of aromatic amines is 1. The van der Waals surface area contributed by atoms with Crippen molar-refractivity contribution in [3.05, 3.63) is 30.6 Å². The first-order valence-electron chi connectivity index (χ1n) is 5.07. The molecule has 1 aromatic carbocycles. The fraction of sp³-hybridized carbons (Fsp3) is 0. The van der Waals surface area contributed by atoms with Crippen LogP contribution in [0.5, 0.6) is 0 Å². The molecule has 0 unspecified atom stereocenters. The maximum atomic E-state index is 5.89. The molecule has 0 spiro atoms. The minimum Gasteiger partial charge on any atom is -0.398 e. The standard InChI is InChI=1S/C11H10N6/c12-7-4-2-1-3-6(7)10-16-8-9(13)14-5-15-11(8)17-10/h1-5H,12H2,(H3,13,14,15,16,17). The van der Waals surface area contributed by atoms with E-state index in [4.69, 9.17) is 11.5 Å². The average Bonchev–Trinajstić information content (AvgIpc) is 2.75. The molecule has 3 aromatic rings. The zero-order valence-corrected chi connectivity index (χ0v) is 8.88. The van der Waals surface area contributed by atoms with Crippen molar-refractivity contribution in [3.8, 4) is 11.4 Å². The summed E-state index contributed by atoms with van der Waals surface area (Å²) in [5, 5.41) is 0. The molecule has 6 heteroatoms. The van der Waals surface area contributed by atoms with E-state index < -0.39 is 0 Å². The maximum absolute atomic E-state index is 5.89. The molecular formula is C11H10N6. The predicted molar refractivity (Wildman–Crippen MR) is 65.9 cm³/mol. The number of anilines is 2. The number of hydrogen-bond donors (Lipinski definition) is 3. The number of fused-ring (bicyclic) bond motifs is 1. The highest BCUT2D eigenvalue weighted by atomic mass is 15.0. The SMILES string of the molecule is Nc1ccccc1-c1nc2ncnc(N)c2[nH]1. The van der Waals surface area contributed by atoms with Gasteiger partial charge < -0.3 is 16.5 Å². The summed E-state index contributed by atoms with van der Waals surface area (Å²) in [6, 6.07) is 7.47. The Hall–Kier alpha value is -2.63. The lowest BCUT2D eigenvalue weighted by atomic mass is 10.2. The van der Waals surface area contributed by atoms with Gasteiger partial charge in [0.25, 0.3) is 0 Å². The van der Waals surface area contributed by atoms with E-state index in [-0.39, 0.29) is 0 Å². The molecule has 0 saturated heterocycles. The van der Waals surface area contributed by atoms with Gasteiger partial charge in [0.2, 0.25) is 0 Å². The van der Waals surface area contributed by atoms with Crippen molar-refractivity contribution in [2.24, 2.45) is 0 Å². The van der Waals surface area contributed by atoms with E-state index in [0.717, 1.165) is 5.56 Å². The minimum absolute atomic E-state index is 0.378. The Morgan fingerprint density at radius 2 is 1.88 bits per heavy atom. The molecule has 2 heterocycles. The van der Waals surface area contributed by atoms with Crippen LogP contribution >= 0.6 is 0 Å². The molecule has 6 nitrogen and oxygen atoms in total. The average molecular weight is 226 g/mol. The van der Waals surface area contributed by atoms with Gasteiger partial charge >= 0.3 is 0 Å². The van der Waals surface area contributed by atoms with Gasteiger partial charge in [0.15, 0.2) is 11.5 Å². The van der Waals surface area contributed by atoms with E-state index in [1.54, 1.807) is 0 Å². The number of nitrogen functional groups attached to an aromatic ring is 2. The molecule has 5 N–H and O–H groups in total. The first-order valence-corrected chi connectivity index (χ1v) is 5.07. The number of nitrogens with one attached hydrogen (secondary N) is 1. The first kappa shape index (κ1) is 9.59. The zero-order valence-electron chi connectivity index (χ0n) is 8.88. The van der Waals surface area contributed by atoms with Crippen molar-refractivity contribution in [2.45, 2.75) is 0 Å². The summed E-state index contributed by atoms with van der Waals surface area (Å²) in [6.45, 7) is 0. The predicted octanol–water partition coefficient (Wildman–Crippen LogP) is 1.18. The Labute approximate surface area is 96.7 Å². The Kier molecular flexibility index (Phi) is 1.94. The second-order valence-electron chi connectivity index (χ2n) is 3.63. The lowest BCUT2D eigenvalue weighted by Crippen LogP contribution is -1.92. The molecule has 0 aliphatic carbocycles. The highest BCUT2D eigenvalue weighted by Gasteiger charge is 2.10. The molecule has 0 bridgehead atoms. The van der Waals surface area contributed by atoms with Gasteiger partial charge in [-0.15, -0.1) is 0 Å². The van der Waals surface area contributed by atoms with Crippen LogP contribution in [0, 0.1) is 0 Å². The van der Waals surface area contributed by atoms with Gasteiger partial charge in [-0.2, -0.15) is 0 Å². The van der Waals surface area contributed by atoms with Crippen LogP contribution in [0.2, 0.25) is 0 Å². The van der Waals surface area contributed by atoms with Crippen LogP contribution in [-0.2, 0) is 0 Å². The molecule has 0 saturated carbocycles. The van der Waals surface area contributed by atoms with Gasteiger partial charge in [-0.3, -0.25) is 0 Å². The number of nitrogens with zero attached hydrogens (tertiary/aromatic N) is 3. The Morgan fingerprint density at radius 3 is 2.65 bits per heavy atom. The Morgan fingerprint density at radius 1 is 1.06 bits per heavy atom. The van der Waals surface area contributed by atoms with Crippen molar-refractivity contribution >= 4 is 22.7 Å². The monoisotopic (exact) mass is 226 g/mol. The molecule has 17 heavy (non-hydrogen) atoms. The summed E-state index contributed by atoms with van der Waals surface area (Å²) in [7, 11) is 0. The van der Waals surface area contributed by atoms with Crippen LogP contribution < -0.4 is 11.5 Å². The zero-order chi connectivity index (χ0) is 11.8. The number of nitrogens with two attached hydrogens (primary N) is 2. The third-order valence-corrected chi connectivity index (χ3v) is 2.53. The van der Waals surface area contributed by atoms with Crippen LogP contribution in [0.15, 0.2) is 30.6 Å². The van der Waals surface area contributed by atoms with Crippen molar-refractivity contribution in [3.63, 3.8) is 0 Å². The van der Waals surface area contributed by atoms with Crippen molar-refractivity contribution in [2.75, 3.05) is 11.5 Å². The fourth-order valence-electron chi connectivity index (χ4n) is 1.69. The third-order valence-electron chi connectivity index (χ3n) is 2.53. The summed E-state index contributed by atoms with van der Waals surface area (Å²) in [4.78, 5) is 15.4. The lowest BCUT2D eigenvalue weighted by Gasteiger charge is -2.00. The summed E-state index contributed by atoms with van der Waals surface area (Å²) in [5.74, 6) is 1.02. The number of benzene rings is 1. The van der Waals surface area contributed by atoms with E-state index in [1.807, 2.05) is 24.3 Å². The highest BCUT2D eigenvalue weighted by molar-refractivity contribution is 5.85. The molecule has 2 aromatic heterocycles. The summed E-state index contributed by atoms with van der Waals surface area (Å²) in [6.07, 6.45) is 1.39. The van der Waals surface area contributed by atoms with Gasteiger partial charge in [-0.25, -0.2) is 15.0 Å². The third kappa shape index (κ3) is 1.46. The maximum Gasteiger partial charge on any atom is 0.183 e. The van der Waals surface area contributed by atoms with Crippen LogP contribution in [0.25, 0.3) is 22.6 Å². The fourth-order valence-corrected chi connectivity index (χ4v) is 1.69. The lowest BCUT2D eigenvalue weighted by molar-refractivity contribution is 1.21. The van der Waals surface area contributed by atoms with E-state index in [9.17, 15) is 0 Å². The molecule has 3 rings (SSSR count). The molecule has 0 amide bonds. The molecular weight excluding hydrogens is 216 g/mol. The van der Waals surface area contributed by atoms with Crippen molar-refractivity contribution in [1.29, 1.82) is 0 Å². The highest BCUT2D eigenvalue weighted by Crippen LogP contribution is 2.25. The van der Waals surface area contributed by atoms with Crippen LogP contribution in [0.4, 0.5) is 11.5 Å². The molecule has 0 aliphatic heterocycles. The number of imidazole rings is 1. The summed E-state index contributed by atoms with van der Waals surface area (Å²) in [5.41, 5.74) is 14.3. The molecule has 0 fully saturated rings. The quantitative estimate of drug-likeness (QED) is 0.540. The summed E-state index contributed by atoms with van der Waals surface area (Å²) < 4.78 is 0. The van der Waals surface area contributed by atoms with Crippen LogP contribution in [0.1, 0.15) is 0 Å². The summed E-state index contributed by atoms with van der Waals surface area (Å²) >= 11 is 0. The normalized spacial score (nSPS) is 10.8. The number of H-pyrrole nitrogens is 1. The van der Waals surface area contributed by atoms with Crippen molar-refractivity contribution in [1.82, 2.24) is 19.9 Å². The molecule has 0 radical (unpaired) electrons. The van der Waals surface area contributed by atoms with Crippen LogP contribution in [-0.4, -0.2) is 19.9 Å². The topological polar surface area (TPSA) is 106 Å². The molecule has 84 valence electrons. The molecule has 0 aliphatic rings. The second kappa shape index (κ2) is 3.44.